The van der Waals surface area contributed by atoms with E-state index in [0.717, 1.165) is 37.0 Å². The lowest BCUT2D eigenvalue weighted by Crippen LogP contribution is -2.59. The number of benzene rings is 1. The molecule has 4 aliphatic rings. The summed E-state index contributed by atoms with van der Waals surface area (Å²) in [6.07, 6.45) is 7.16. The minimum absolute atomic E-state index is 0.0859. The second-order valence-electron chi connectivity index (χ2n) is 8.57. The van der Waals surface area contributed by atoms with E-state index in [1.165, 1.54) is 38.5 Å². The van der Waals surface area contributed by atoms with Gasteiger partial charge in [0.2, 0.25) is 10.0 Å². The van der Waals surface area contributed by atoms with Gasteiger partial charge in [0.1, 0.15) is 0 Å². The highest BCUT2D eigenvalue weighted by molar-refractivity contribution is 7.89. The molecule has 5 rings (SSSR count). The minimum atomic E-state index is -3.65. The zero-order chi connectivity index (χ0) is 19.1. The Labute approximate surface area is 161 Å². The van der Waals surface area contributed by atoms with Crippen LogP contribution in [0.15, 0.2) is 29.2 Å². The van der Waals surface area contributed by atoms with Gasteiger partial charge in [0.05, 0.1) is 11.5 Å². The molecule has 1 amide bonds. The van der Waals surface area contributed by atoms with Gasteiger partial charge in [-0.05, 0) is 74.5 Å². The zero-order valence-electron chi connectivity index (χ0n) is 15.7. The lowest BCUT2D eigenvalue weighted by atomic mass is 9.53. The summed E-state index contributed by atoms with van der Waals surface area (Å²) < 4.78 is 32.1. The fraction of sp³-hybridized carbons (Fsp3) is 0.650. The first-order chi connectivity index (χ1) is 12.9. The van der Waals surface area contributed by atoms with Crippen LogP contribution in [0.2, 0.25) is 0 Å². The molecule has 0 unspecified atom stereocenters. The number of ether oxygens (including phenoxy) is 1. The molecule has 6 nitrogen and oxygen atoms in total. The van der Waals surface area contributed by atoms with Crippen LogP contribution in [-0.4, -0.2) is 40.1 Å². The number of rotatable bonds is 7. The van der Waals surface area contributed by atoms with E-state index in [1.54, 1.807) is 12.1 Å². The van der Waals surface area contributed by atoms with Crippen molar-refractivity contribution in [2.24, 2.45) is 17.8 Å². The van der Waals surface area contributed by atoms with Crippen LogP contribution in [0.4, 0.5) is 0 Å². The molecule has 27 heavy (non-hydrogen) atoms. The summed E-state index contributed by atoms with van der Waals surface area (Å²) in [5, 5.41) is 3.30. The number of carbonyl (C=O) groups excluding carboxylic acids is 1. The zero-order valence-corrected chi connectivity index (χ0v) is 16.6. The van der Waals surface area contributed by atoms with Gasteiger partial charge in [-0.15, -0.1) is 0 Å². The maximum Gasteiger partial charge on any atom is 0.251 e. The van der Waals surface area contributed by atoms with Crippen molar-refractivity contribution in [2.75, 3.05) is 20.3 Å². The summed E-state index contributed by atoms with van der Waals surface area (Å²) in [4.78, 5) is 13.0. The molecule has 7 heteroatoms. The molecule has 0 aromatic heterocycles. The molecule has 0 spiro atoms. The van der Waals surface area contributed by atoms with E-state index < -0.39 is 10.0 Å². The van der Waals surface area contributed by atoms with Crippen molar-refractivity contribution < 1.29 is 17.9 Å². The van der Waals surface area contributed by atoms with Crippen molar-refractivity contribution in [3.8, 4) is 0 Å². The topological polar surface area (TPSA) is 84.5 Å². The van der Waals surface area contributed by atoms with Crippen LogP contribution < -0.4 is 10.0 Å². The van der Waals surface area contributed by atoms with Gasteiger partial charge in [0.15, 0.2) is 0 Å². The molecule has 1 aromatic carbocycles. The van der Waals surface area contributed by atoms with Crippen LogP contribution in [0.5, 0.6) is 0 Å². The largest absolute Gasteiger partial charge is 0.383 e. The molecule has 148 valence electrons. The average molecular weight is 393 g/mol. The van der Waals surface area contributed by atoms with Gasteiger partial charge in [-0.1, -0.05) is 6.07 Å². The summed E-state index contributed by atoms with van der Waals surface area (Å²) in [6.45, 7) is 0.494. The minimum Gasteiger partial charge on any atom is -0.383 e. The Bertz CT molecular complexity index is 786. The molecule has 2 N–H and O–H groups in total. The highest BCUT2D eigenvalue weighted by Crippen LogP contribution is 2.55. The summed E-state index contributed by atoms with van der Waals surface area (Å²) in [6, 6.07) is 6.28. The van der Waals surface area contributed by atoms with Crippen LogP contribution in [0.1, 0.15) is 48.9 Å². The Balaban J connectivity index is 1.48. The Kier molecular flexibility index (Phi) is 5.03. The van der Waals surface area contributed by atoms with Crippen LogP contribution >= 0.6 is 0 Å². The van der Waals surface area contributed by atoms with Gasteiger partial charge in [0.25, 0.3) is 5.91 Å². The van der Waals surface area contributed by atoms with Gasteiger partial charge in [-0.25, -0.2) is 13.1 Å². The highest BCUT2D eigenvalue weighted by atomic mass is 32.2. The van der Waals surface area contributed by atoms with E-state index in [2.05, 4.69) is 10.0 Å². The van der Waals surface area contributed by atoms with Crippen molar-refractivity contribution in [3.05, 3.63) is 29.8 Å². The molecular weight excluding hydrogens is 364 g/mol. The molecule has 4 aliphatic carbocycles. The smallest absolute Gasteiger partial charge is 0.251 e. The summed E-state index contributed by atoms with van der Waals surface area (Å²) in [5.41, 5.74) is 0.317. The van der Waals surface area contributed by atoms with E-state index in [4.69, 9.17) is 4.74 Å². The highest BCUT2D eigenvalue weighted by Gasteiger charge is 2.51. The second-order valence-corrected chi connectivity index (χ2v) is 10.3. The first kappa shape index (κ1) is 18.9. The number of nitrogens with one attached hydrogen (secondary N) is 2. The van der Waals surface area contributed by atoms with E-state index >= 15 is 0 Å². The molecule has 1 aromatic rings. The maximum absolute atomic E-state index is 12.9. The van der Waals surface area contributed by atoms with Crippen molar-refractivity contribution in [3.63, 3.8) is 0 Å². The van der Waals surface area contributed by atoms with Crippen LogP contribution in [0.3, 0.4) is 0 Å². The number of hydrogen-bond donors (Lipinski definition) is 2. The lowest BCUT2D eigenvalue weighted by Gasteiger charge is -2.56. The van der Waals surface area contributed by atoms with E-state index in [1.807, 2.05) is 0 Å². The Morgan fingerprint density at radius 1 is 1.15 bits per heavy atom. The summed E-state index contributed by atoms with van der Waals surface area (Å²) in [5.74, 6) is 2.07. The van der Waals surface area contributed by atoms with Crippen molar-refractivity contribution in [2.45, 2.75) is 49.0 Å². The van der Waals surface area contributed by atoms with Gasteiger partial charge >= 0.3 is 0 Å². The molecule has 4 saturated carbocycles. The quantitative estimate of drug-likeness (QED) is 0.698. The predicted molar refractivity (Wildman–Crippen MR) is 102 cm³/mol. The monoisotopic (exact) mass is 392 g/mol. The number of sulfonamides is 1. The van der Waals surface area contributed by atoms with Gasteiger partial charge in [-0.2, -0.15) is 0 Å². The average Bonchev–Trinajstić information content (AvgIpc) is 2.60. The molecule has 4 fully saturated rings. The van der Waals surface area contributed by atoms with Crippen LogP contribution in [0, 0.1) is 17.8 Å². The predicted octanol–water partition coefficient (Wildman–Crippen LogP) is 2.31. The third-order valence-electron chi connectivity index (χ3n) is 6.42. The first-order valence-electron chi connectivity index (χ1n) is 9.80. The number of amides is 1. The molecular formula is C20H28N2O4S. The third-order valence-corrected chi connectivity index (χ3v) is 7.88. The molecule has 0 atom stereocenters. The Hall–Kier alpha value is -1.44. The fourth-order valence-corrected chi connectivity index (χ4v) is 6.80. The SMILES string of the molecule is COCCNS(=O)(=O)c1cccc(C(=O)NC23CC4CC(CC(C4)C2)C3)c1. The number of hydrogen-bond acceptors (Lipinski definition) is 4. The normalized spacial score (nSPS) is 31.8. The molecule has 0 saturated heterocycles. The van der Waals surface area contributed by atoms with E-state index in [-0.39, 0.29) is 22.9 Å². The molecule has 0 aliphatic heterocycles. The summed E-state index contributed by atoms with van der Waals surface area (Å²) in [7, 11) is -2.13. The standard InChI is InChI=1S/C20H28N2O4S/c1-26-6-5-21-27(24,25)18-4-2-3-17(10-18)19(23)22-20-11-14-7-15(12-20)9-16(8-14)13-20/h2-4,10,14-16,21H,5-9,11-13H2,1H3,(H,22,23). The van der Waals surface area contributed by atoms with Crippen molar-refractivity contribution >= 4 is 15.9 Å². The first-order valence-corrected chi connectivity index (χ1v) is 11.3. The molecule has 0 heterocycles. The van der Waals surface area contributed by atoms with Gasteiger partial charge < -0.3 is 10.1 Å². The second kappa shape index (κ2) is 7.18. The van der Waals surface area contributed by atoms with E-state index in [9.17, 15) is 13.2 Å². The van der Waals surface area contributed by atoms with Crippen molar-refractivity contribution in [1.29, 1.82) is 0 Å². The van der Waals surface area contributed by atoms with E-state index in [0.29, 0.717) is 12.2 Å². The van der Waals surface area contributed by atoms with Crippen LogP contribution in [-0.2, 0) is 14.8 Å². The molecule has 0 radical (unpaired) electrons. The van der Waals surface area contributed by atoms with Crippen molar-refractivity contribution in [1.82, 2.24) is 10.0 Å². The molecule has 4 bridgehead atoms. The lowest BCUT2D eigenvalue weighted by molar-refractivity contribution is -0.0167. The number of methoxy groups -OCH3 is 1. The Morgan fingerprint density at radius 2 is 1.78 bits per heavy atom. The fourth-order valence-electron chi connectivity index (χ4n) is 5.74. The third kappa shape index (κ3) is 3.91. The number of carbonyl (C=O) groups is 1. The summed E-state index contributed by atoms with van der Waals surface area (Å²) >= 11 is 0. The van der Waals surface area contributed by atoms with Crippen LogP contribution in [0.25, 0.3) is 0 Å². The van der Waals surface area contributed by atoms with Gasteiger partial charge in [-0.3, -0.25) is 4.79 Å². The Morgan fingerprint density at radius 3 is 2.37 bits per heavy atom. The van der Waals surface area contributed by atoms with Gasteiger partial charge in [0, 0.05) is 24.8 Å². The maximum atomic E-state index is 12.9.